The zero-order valence-electron chi connectivity index (χ0n) is 14.8. The van der Waals surface area contributed by atoms with Crippen LogP contribution in [-0.2, 0) is 10.0 Å². The number of thiazole rings is 1. The van der Waals surface area contributed by atoms with Crippen LogP contribution in [0.1, 0.15) is 16.8 Å². The Hall–Kier alpha value is -2.20. The summed E-state index contributed by atoms with van der Waals surface area (Å²) in [7, 11) is -3.42. The Bertz CT molecular complexity index is 1180. The van der Waals surface area contributed by atoms with Gasteiger partial charge in [-0.2, -0.15) is 0 Å². The van der Waals surface area contributed by atoms with E-state index < -0.39 is 15.9 Å². The molecule has 0 aliphatic carbocycles. The number of nitrogens with one attached hydrogen (secondary N) is 1. The lowest BCUT2D eigenvalue weighted by molar-refractivity contribution is 0.102. The molecule has 0 radical (unpaired) electrons. The summed E-state index contributed by atoms with van der Waals surface area (Å²) in [5.74, 6) is -0.270. The Labute approximate surface area is 181 Å². The van der Waals surface area contributed by atoms with Crippen molar-refractivity contribution in [3.8, 4) is 11.3 Å². The van der Waals surface area contributed by atoms with E-state index in [4.69, 9.17) is 23.2 Å². The van der Waals surface area contributed by atoms with Gasteiger partial charge in [-0.1, -0.05) is 23.2 Å². The maximum Gasteiger partial charge on any atom is 0.257 e. The van der Waals surface area contributed by atoms with Crippen molar-refractivity contribution < 1.29 is 13.2 Å². The van der Waals surface area contributed by atoms with Crippen LogP contribution in [0.25, 0.3) is 11.3 Å². The smallest absolute Gasteiger partial charge is 0.257 e. The molecule has 7 nitrogen and oxygen atoms in total. The number of sulfonamides is 1. The molecule has 4 rings (SSSR count). The van der Waals surface area contributed by atoms with E-state index >= 15 is 0 Å². The topological polar surface area (TPSA) is 92.3 Å². The molecule has 0 saturated carbocycles. The first-order valence-corrected chi connectivity index (χ1v) is 11.8. The molecule has 0 bridgehead atoms. The van der Waals surface area contributed by atoms with Gasteiger partial charge in [-0.05, 0) is 30.7 Å². The second-order valence-corrected chi connectivity index (χ2v) is 9.90. The molecule has 1 amide bonds. The highest BCUT2D eigenvalue weighted by molar-refractivity contribution is 7.93. The Morgan fingerprint density at radius 1 is 1.17 bits per heavy atom. The van der Waals surface area contributed by atoms with Crippen molar-refractivity contribution in [3.63, 3.8) is 0 Å². The summed E-state index contributed by atoms with van der Waals surface area (Å²) in [4.78, 5) is 21.1. The van der Waals surface area contributed by atoms with Crippen molar-refractivity contribution in [2.45, 2.75) is 6.42 Å². The molecule has 1 aromatic carbocycles. The van der Waals surface area contributed by atoms with Crippen LogP contribution in [0.3, 0.4) is 0 Å². The van der Waals surface area contributed by atoms with E-state index in [9.17, 15) is 13.2 Å². The van der Waals surface area contributed by atoms with Crippen molar-refractivity contribution in [1.29, 1.82) is 0 Å². The van der Waals surface area contributed by atoms with Gasteiger partial charge in [0.05, 0.1) is 27.5 Å². The summed E-state index contributed by atoms with van der Waals surface area (Å²) < 4.78 is 25.5. The minimum Gasteiger partial charge on any atom is -0.322 e. The van der Waals surface area contributed by atoms with Gasteiger partial charge in [-0.25, -0.2) is 18.4 Å². The van der Waals surface area contributed by atoms with Crippen LogP contribution in [0.5, 0.6) is 0 Å². The molecule has 3 heterocycles. The minimum absolute atomic E-state index is 0.0563. The zero-order valence-corrected chi connectivity index (χ0v) is 17.9. The number of rotatable bonds is 4. The Kier molecular flexibility index (Phi) is 5.48. The van der Waals surface area contributed by atoms with Gasteiger partial charge in [-0.3, -0.25) is 9.10 Å². The fourth-order valence-electron chi connectivity index (χ4n) is 3.00. The highest BCUT2D eigenvalue weighted by Gasteiger charge is 2.30. The molecule has 11 heteroatoms. The molecular formula is C18H14Cl2N4O3S2. The molecule has 1 fully saturated rings. The first kappa shape index (κ1) is 20.1. The number of anilines is 2. The number of amides is 1. The Morgan fingerprint density at radius 2 is 2.00 bits per heavy atom. The standard InChI is InChI=1S/C18H14Cl2N4O3S2/c19-12-4-11(16-9-28-10-22-16)5-13(6-12)23-18(25)14-7-17(21-8-15(14)20)24-2-1-3-29(24,26)27/h4-10H,1-3H2,(H,23,25). The Balaban J connectivity index is 1.63. The zero-order chi connectivity index (χ0) is 20.6. The van der Waals surface area contributed by atoms with Crippen LogP contribution in [0.2, 0.25) is 10.0 Å². The summed E-state index contributed by atoms with van der Waals surface area (Å²) in [6.45, 7) is 0.323. The molecule has 0 atom stereocenters. The summed E-state index contributed by atoms with van der Waals surface area (Å²) in [6.07, 6.45) is 1.79. The van der Waals surface area contributed by atoms with E-state index in [1.807, 2.05) is 5.38 Å². The summed E-state index contributed by atoms with van der Waals surface area (Å²) in [6, 6.07) is 6.49. The summed E-state index contributed by atoms with van der Waals surface area (Å²) >= 11 is 13.8. The first-order chi connectivity index (χ1) is 13.8. The van der Waals surface area contributed by atoms with E-state index in [0.717, 1.165) is 11.3 Å². The predicted molar refractivity (Wildman–Crippen MR) is 116 cm³/mol. The number of nitrogens with zero attached hydrogens (tertiary/aromatic N) is 3. The second kappa shape index (κ2) is 7.91. The number of benzene rings is 1. The van der Waals surface area contributed by atoms with E-state index in [2.05, 4.69) is 15.3 Å². The molecule has 1 saturated heterocycles. The third-order valence-electron chi connectivity index (χ3n) is 4.32. The molecule has 1 aliphatic heterocycles. The fourth-order valence-corrected chi connectivity index (χ4v) is 5.49. The highest BCUT2D eigenvalue weighted by Crippen LogP contribution is 2.29. The van der Waals surface area contributed by atoms with Crippen molar-refractivity contribution in [1.82, 2.24) is 9.97 Å². The van der Waals surface area contributed by atoms with E-state index in [0.29, 0.717) is 23.7 Å². The maximum absolute atomic E-state index is 12.8. The third-order valence-corrected chi connectivity index (χ3v) is 7.28. The van der Waals surface area contributed by atoms with Gasteiger partial charge in [0.2, 0.25) is 10.0 Å². The van der Waals surface area contributed by atoms with Gasteiger partial charge >= 0.3 is 0 Å². The number of hydrogen-bond donors (Lipinski definition) is 1. The maximum atomic E-state index is 12.8. The lowest BCUT2D eigenvalue weighted by Crippen LogP contribution is -2.26. The van der Waals surface area contributed by atoms with Crippen molar-refractivity contribution in [2.75, 3.05) is 21.9 Å². The predicted octanol–water partition coefficient (Wildman–Crippen LogP) is 4.30. The molecule has 2 aromatic heterocycles. The molecule has 3 aromatic rings. The van der Waals surface area contributed by atoms with Gasteiger partial charge in [0.15, 0.2) is 0 Å². The molecule has 0 unspecified atom stereocenters. The Morgan fingerprint density at radius 3 is 2.69 bits per heavy atom. The van der Waals surface area contributed by atoms with E-state index in [1.54, 1.807) is 23.7 Å². The van der Waals surface area contributed by atoms with Crippen LogP contribution in [0.4, 0.5) is 11.5 Å². The van der Waals surface area contributed by atoms with E-state index in [-0.39, 0.29) is 22.2 Å². The first-order valence-electron chi connectivity index (χ1n) is 8.50. The lowest BCUT2D eigenvalue weighted by Gasteiger charge is -2.17. The van der Waals surface area contributed by atoms with Gasteiger partial charge in [0, 0.05) is 34.4 Å². The quantitative estimate of drug-likeness (QED) is 0.615. The average Bonchev–Trinajstić information content (AvgIpc) is 3.31. The van der Waals surface area contributed by atoms with E-state index in [1.165, 1.54) is 27.9 Å². The monoisotopic (exact) mass is 468 g/mol. The second-order valence-electron chi connectivity index (χ2n) is 6.32. The number of hydrogen-bond acceptors (Lipinski definition) is 6. The van der Waals surface area contributed by atoms with Crippen LogP contribution >= 0.6 is 34.5 Å². The molecule has 150 valence electrons. The molecule has 29 heavy (non-hydrogen) atoms. The molecule has 0 spiro atoms. The van der Waals surface area contributed by atoms with Crippen molar-refractivity contribution in [2.24, 2.45) is 0 Å². The highest BCUT2D eigenvalue weighted by atomic mass is 35.5. The van der Waals surface area contributed by atoms with Gasteiger partial charge in [0.25, 0.3) is 5.91 Å². The normalized spacial score (nSPS) is 15.4. The fraction of sp³-hybridized carbons (Fsp3) is 0.167. The van der Waals surface area contributed by atoms with Crippen molar-refractivity contribution in [3.05, 3.63) is 57.0 Å². The molecule has 1 aliphatic rings. The van der Waals surface area contributed by atoms with Gasteiger partial charge < -0.3 is 5.32 Å². The summed E-state index contributed by atoms with van der Waals surface area (Å²) in [5, 5.41) is 5.18. The van der Waals surface area contributed by atoms with Crippen LogP contribution < -0.4 is 9.62 Å². The third kappa shape index (κ3) is 4.23. The number of pyridine rings is 1. The minimum atomic E-state index is -3.42. The average molecular weight is 469 g/mol. The SMILES string of the molecule is O=C(Nc1cc(Cl)cc(-c2cscn2)c1)c1cc(N2CCCS2(=O)=O)ncc1Cl. The number of carbonyl (C=O) groups excluding carboxylic acids is 1. The van der Waals surface area contributed by atoms with Crippen molar-refractivity contribution >= 4 is 62.0 Å². The number of carbonyl (C=O) groups is 1. The molecular weight excluding hydrogens is 455 g/mol. The number of aromatic nitrogens is 2. The summed E-state index contributed by atoms with van der Waals surface area (Å²) in [5.41, 5.74) is 3.80. The lowest BCUT2D eigenvalue weighted by atomic mass is 10.1. The number of halogens is 2. The van der Waals surface area contributed by atoms with Crippen LogP contribution in [0.15, 0.2) is 41.4 Å². The van der Waals surface area contributed by atoms with Gasteiger partial charge in [0.1, 0.15) is 5.82 Å². The van der Waals surface area contributed by atoms with Crippen LogP contribution in [-0.4, -0.2) is 36.6 Å². The molecule has 1 N–H and O–H groups in total. The van der Waals surface area contributed by atoms with Gasteiger partial charge in [-0.15, -0.1) is 11.3 Å². The largest absolute Gasteiger partial charge is 0.322 e. The van der Waals surface area contributed by atoms with Crippen LogP contribution in [0, 0.1) is 0 Å².